The van der Waals surface area contributed by atoms with Gasteiger partial charge in [-0.25, -0.2) is 4.98 Å². The third-order valence-electron chi connectivity index (χ3n) is 4.47. The van der Waals surface area contributed by atoms with E-state index in [4.69, 9.17) is 14.2 Å². The van der Waals surface area contributed by atoms with Crippen molar-refractivity contribution in [1.29, 1.82) is 0 Å². The number of hydrogen-bond donors (Lipinski definition) is 2. The first-order valence-corrected chi connectivity index (χ1v) is 12.0. The van der Waals surface area contributed by atoms with E-state index in [1.165, 1.54) is 23.1 Å². The van der Waals surface area contributed by atoms with Gasteiger partial charge in [-0.2, -0.15) is 0 Å². The molecule has 1 aromatic heterocycles. The van der Waals surface area contributed by atoms with E-state index in [0.29, 0.717) is 28.1 Å². The first-order chi connectivity index (χ1) is 16.0. The molecule has 0 unspecified atom stereocenters. The predicted molar refractivity (Wildman–Crippen MR) is 132 cm³/mol. The Labute approximate surface area is 200 Å². The van der Waals surface area contributed by atoms with Crippen LogP contribution in [0, 0.1) is 0 Å². The molecule has 8 nitrogen and oxygen atoms in total. The van der Waals surface area contributed by atoms with E-state index in [1.807, 2.05) is 11.4 Å². The minimum atomic E-state index is -0.172. The van der Waals surface area contributed by atoms with Gasteiger partial charge in [-0.1, -0.05) is 6.07 Å². The molecule has 10 heteroatoms. The topological polar surface area (TPSA) is 98.8 Å². The number of thiazole rings is 1. The summed E-state index contributed by atoms with van der Waals surface area (Å²) in [6.45, 7) is 0. The summed E-state index contributed by atoms with van der Waals surface area (Å²) in [4.78, 5) is 28.9. The summed E-state index contributed by atoms with van der Waals surface area (Å²) in [6.07, 6.45) is 0.190. The Morgan fingerprint density at radius 3 is 2.39 bits per heavy atom. The molecule has 174 valence electrons. The molecule has 3 rings (SSSR count). The Morgan fingerprint density at radius 2 is 1.70 bits per heavy atom. The maximum atomic E-state index is 12.4. The van der Waals surface area contributed by atoms with Crippen LogP contribution in [0.15, 0.2) is 47.8 Å². The molecule has 2 N–H and O–H groups in total. The molecule has 0 atom stereocenters. The Balaban J connectivity index is 1.43. The van der Waals surface area contributed by atoms with Gasteiger partial charge in [0.1, 0.15) is 5.75 Å². The van der Waals surface area contributed by atoms with E-state index >= 15 is 0 Å². The number of nitrogens with one attached hydrogen (secondary N) is 2. The minimum Gasteiger partial charge on any atom is -0.497 e. The highest BCUT2D eigenvalue weighted by Gasteiger charge is 2.11. The molecule has 0 aliphatic carbocycles. The van der Waals surface area contributed by atoms with Crippen molar-refractivity contribution in [2.75, 3.05) is 37.7 Å². The molecule has 3 aromatic rings. The summed E-state index contributed by atoms with van der Waals surface area (Å²) in [5, 5.41) is 8.06. The van der Waals surface area contributed by atoms with E-state index in [9.17, 15) is 9.59 Å². The van der Waals surface area contributed by atoms with Crippen LogP contribution in [-0.2, 0) is 21.8 Å². The molecule has 2 amide bonds. The molecular weight excluding hydrogens is 462 g/mol. The monoisotopic (exact) mass is 487 g/mol. The van der Waals surface area contributed by atoms with Crippen molar-refractivity contribution in [3.8, 4) is 17.2 Å². The summed E-state index contributed by atoms with van der Waals surface area (Å²) in [7, 11) is 4.72. The zero-order valence-corrected chi connectivity index (χ0v) is 20.2. The third kappa shape index (κ3) is 7.40. The van der Waals surface area contributed by atoms with Crippen molar-refractivity contribution in [1.82, 2.24) is 4.98 Å². The van der Waals surface area contributed by atoms with Crippen molar-refractivity contribution < 1.29 is 23.8 Å². The van der Waals surface area contributed by atoms with Crippen LogP contribution >= 0.6 is 23.1 Å². The van der Waals surface area contributed by atoms with Gasteiger partial charge in [-0.3, -0.25) is 9.59 Å². The van der Waals surface area contributed by atoms with Gasteiger partial charge in [-0.15, -0.1) is 23.1 Å². The van der Waals surface area contributed by atoms with Gasteiger partial charge in [0.05, 0.1) is 39.2 Å². The number of benzene rings is 2. The summed E-state index contributed by atoms with van der Waals surface area (Å²) in [5.74, 6) is 2.52. The number of thioether (sulfide) groups is 1. The number of carbonyl (C=O) groups is 2. The maximum Gasteiger partial charge on any atom is 0.234 e. The predicted octanol–water partition coefficient (Wildman–Crippen LogP) is 4.22. The molecule has 2 aromatic carbocycles. The number of carbonyl (C=O) groups excluding carboxylic acids is 2. The Morgan fingerprint density at radius 1 is 0.939 bits per heavy atom. The largest absolute Gasteiger partial charge is 0.497 e. The normalized spacial score (nSPS) is 10.4. The highest BCUT2D eigenvalue weighted by atomic mass is 32.2. The van der Waals surface area contributed by atoms with E-state index in [-0.39, 0.29) is 18.2 Å². The van der Waals surface area contributed by atoms with Crippen LogP contribution in [0.1, 0.15) is 11.3 Å². The lowest BCUT2D eigenvalue weighted by Gasteiger charge is -2.09. The zero-order chi connectivity index (χ0) is 23.6. The number of hydrogen-bond acceptors (Lipinski definition) is 8. The van der Waals surface area contributed by atoms with Gasteiger partial charge in [0.15, 0.2) is 16.6 Å². The van der Waals surface area contributed by atoms with Crippen molar-refractivity contribution in [2.45, 2.75) is 12.2 Å². The number of anilines is 2. The first-order valence-electron chi connectivity index (χ1n) is 9.97. The highest BCUT2D eigenvalue weighted by Crippen LogP contribution is 2.28. The standard InChI is InChI=1S/C23H25N3O5S2/c1-29-18-7-5-16(6-8-18)24-22(28)14-32-12-17-13-33-23(25-17)26-21(27)11-15-4-9-19(30-2)20(10-15)31-3/h4-10,13H,11-12,14H2,1-3H3,(H,24,28)(H,25,26,27). The van der Waals surface area contributed by atoms with E-state index in [2.05, 4.69) is 15.6 Å². The van der Waals surface area contributed by atoms with Gasteiger partial charge >= 0.3 is 0 Å². The van der Waals surface area contributed by atoms with Gasteiger partial charge < -0.3 is 24.8 Å². The van der Waals surface area contributed by atoms with Gasteiger partial charge in [-0.05, 0) is 42.0 Å². The van der Waals surface area contributed by atoms with Crippen LogP contribution in [0.4, 0.5) is 10.8 Å². The summed E-state index contributed by atoms with van der Waals surface area (Å²) in [5.41, 5.74) is 2.33. The summed E-state index contributed by atoms with van der Waals surface area (Å²) < 4.78 is 15.6. The van der Waals surface area contributed by atoms with Crippen molar-refractivity contribution in [3.05, 3.63) is 59.1 Å². The molecular formula is C23H25N3O5S2. The Kier molecular flexibility index (Phi) is 8.96. The fourth-order valence-electron chi connectivity index (χ4n) is 2.89. The SMILES string of the molecule is COc1ccc(NC(=O)CSCc2csc(NC(=O)Cc3ccc(OC)c(OC)c3)n2)cc1. The zero-order valence-electron chi connectivity index (χ0n) is 18.5. The number of ether oxygens (including phenoxy) is 3. The Hall–Kier alpha value is -3.24. The van der Waals surface area contributed by atoms with Crippen LogP contribution in [0.2, 0.25) is 0 Å². The summed E-state index contributed by atoms with van der Waals surface area (Å²) in [6, 6.07) is 12.5. The molecule has 0 bridgehead atoms. The van der Waals surface area contributed by atoms with Crippen LogP contribution in [0.25, 0.3) is 0 Å². The quantitative estimate of drug-likeness (QED) is 0.418. The lowest BCUT2D eigenvalue weighted by molar-refractivity contribution is -0.115. The lowest BCUT2D eigenvalue weighted by Crippen LogP contribution is -2.14. The fraction of sp³-hybridized carbons (Fsp3) is 0.261. The van der Waals surface area contributed by atoms with Crippen molar-refractivity contribution in [3.63, 3.8) is 0 Å². The van der Waals surface area contributed by atoms with Crippen LogP contribution < -0.4 is 24.8 Å². The van der Waals surface area contributed by atoms with Crippen LogP contribution in [0.3, 0.4) is 0 Å². The molecule has 0 fully saturated rings. The molecule has 0 radical (unpaired) electrons. The number of methoxy groups -OCH3 is 3. The Bertz CT molecular complexity index is 1090. The number of rotatable bonds is 11. The lowest BCUT2D eigenvalue weighted by atomic mass is 10.1. The summed E-state index contributed by atoms with van der Waals surface area (Å²) >= 11 is 2.81. The van der Waals surface area contributed by atoms with Gasteiger partial charge in [0.2, 0.25) is 11.8 Å². The van der Waals surface area contributed by atoms with Crippen molar-refractivity contribution in [2.24, 2.45) is 0 Å². The number of nitrogens with zero attached hydrogens (tertiary/aromatic N) is 1. The second kappa shape index (κ2) is 12.1. The van der Waals surface area contributed by atoms with E-state index in [1.54, 1.807) is 57.7 Å². The second-order valence-corrected chi connectivity index (χ2v) is 8.67. The molecule has 0 aliphatic rings. The molecule has 0 spiro atoms. The number of amides is 2. The smallest absolute Gasteiger partial charge is 0.234 e. The molecule has 0 saturated carbocycles. The molecule has 0 aliphatic heterocycles. The minimum absolute atomic E-state index is 0.0937. The van der Waals surface area contributed by atoms with Crippen LogP contribution in [0.5, 0.6) is 17.2 Å². The molecule has 33 heavy (non-hydrogen) atoms. The molecule has 1 heterocycles. The maximum absolute atomic E-state index is 12.4. The second-order valence-electron chi connectivity index (χ2n) is 6.83. The molecule has 0 saturated heterocycles. The van der Waals surface area contributed by atoms with E-state index < -0.39 is 0 Å². The van der Waals surface area contributed by atoms with Gasteiger partial charge in [0.25, 0.3) is 0 Å². The first kappa shape index (κ1) is 24.4. The van der Waals surface area contributed by atoms with Gasteiger partial charge in [0, 0.05) is 16.8 Å². The van der Waals surface area contributed by atoms with E-state index in [0.717, 1.165) is 22.7 Å². The third-order valence-corrected chi connectivity index (χ3v) is 6.24. The van der Waals surface area contributed by atoms with Crippen molar-refractivity contribution >= 4 is 45.7 Å². The average Bonchev–Trinajstić information content (AvgIpc) is 3.26. The van der Waals surface area contributed by atoms with Crippen LogP contribution in [-0.4, -0.2) is 43.9 Å². The highest BCUT2D eigenvalue weighted by molar-refractivity contribution is 7.99. The average molecular weight is 488 g/mol. The fourth-order valence-corrected chi connectivity index (χ4v) is 4.44. The number of aromatic nitrogens is 1.